The average molecular weight is 324 g/mol. The summed E-state index contributed by atoms with van der Waals surface area (Å²) in [6.45, 7) is 0. The fourth-order valence-electron chi connectivity index (χ4n) is 1.72. The molecule has 0 aliphatic heterocycles. The van der Waals surface area contributed by atoms with E-state index >= 15 is 0 Å². The standard InChI is InChI=1S/C13H16N4O4S/c1-17-11(6-5-10(14)18)15-16-13(17)22-7-8-3-4-9(21-8)12(19)20-2/h3-4H,5-7H2,1-2H3,(H2,14,18). The molecule has 0 saturated heterocycles. The summed E-state index contributed by atoms with van der Waals surface area (Å²) in [6, 6.07) is 3.28. The van der Waals surface area contributed by atoms with Crippen LogP contribution in [0.4, 0.5) is 0 Å². The summed E-state index contributed by atoms with van der Waals surface area (Å²) >= 11 is 1.42. The zero-order valence-electron chi connectivity index (χ0n) is 12.2. The first-order valence-corrected chi connectivity index (χ1v) is 7.46. The molecule has 9 heteroatoms. The Balaban J connectivity index is 1.95. The lowest BCUT2D eigenvalue weighted by molar-refractivity contribution is -0.118. The molecule has 0 unspecified atom stereocenters. The molecule has 2 aromatic rings. The number of aryl methyl sites for hydroxylation is 1. The Hall–Kier alpha value is -2.29. The number of primary amides is 1. The largest absolute Gasteiger partial charge is 0.463 e. The van der Waals surface area contributed by atoms with Crippen molar-refractivity contribution in [3.05, 3.63) is 29.5 Å². The maximum Gasteiger partial charge on any atom is 0.373 e. The second-order valence-electron chi connectivity index (χ2n) is 4.47. The third-order valence-electron chi connectivity index (χ3n) is 2.91. The molecule has 2 rings (SSSR count). The Kier molecular flexibility index (Phi) is 5.21. The number of hydrogen-bond acceptors (Lipinski definition) is 7. The zero-order chi connectivity index (χ0) is 16.1. The van der Waals surface area contributed by atoms with Gasteiger partial charge in [-0.3, -0.25) is 4.79 Å². The third kappa shape index (κ3) is 3.88. The van der Waals surface area contributed by atoms with Gasteiger partial charge in [0.15, 0.2) is 5.16 Å². The molecule has 0 aliphatic rings. The Bertz CT molecular complexity index is 679. The van der Waals surface area contributed by atoms with Crippen molar-refractivity contribution in [3.8, 4) is 0 Å². The molecule has 0 aliphatic carbocycles. The SMILES string of the molecule is COC(=O)c1ccc(CSc2nnc(CCC(N)=O)n2C)o1. The van der Waals surface area contributed by atoms with Crippen molar-refractivity contribution in [1.82, 2.24) is 14.8 Å². The van der Waals surface area contributed by atoms with E-state index in [4.69, 9.17) is 10.2 Å². The van der Waals surface area contributed by atoms with Crippen molar-refractivity contribution in [2.24, 2.45) is 12.8 Å². The molecule has 0 spiro atoms. The molecule has 0 fully saturated rings. The van der Waals surface area contributed by atoms with E-state index in [1.54, 1.807) is 16.7 Å². The van der Waals surface area contributed by atoms with Gasteiger partial charge >= 0.3 is 5.97 Å². The number of rotatable bonds is 7. The number of nitrogens with two attached hydrogens (primary N) is 1. The minimum atomic E-state index is -0.511. The normalized spacial score (nSPS) is 10.6. The van der Waals surface area contributed by atoms with Gasteiger partial charge < -0.3 is 19.5 Å². The predicted molar refractivity (Wildman–Crippen MR) is 78.1 cm³/mol. The van der Waals surface area contributed by atoms with Crippen LogP contribution in [-0.2, 0) is 28.8 Å². The highest BCUT2D eigenvalue weighted by Crippen LogP contribution is 2.22. The summed E-state index contributed by atoms with van der Waals surface area (Å²) in [5.74, 6) is 1.10. The smallest absolute Gasteiger partial charge is 0.373 e. The first kappa shape index (κ1) is 16.1. The lowest BCUT2D eigenvalue weighted by Crippen LogP contribution is -2.12. The number of carbonyl (C=O) groups excluding carboxylic acids is 2. The Morgan fingerprint density at radius 3 is 2.86 bits per heavy atom. The van der Waals surface area contributed by atoms with Gasteiger partial charge in [-0.05, 0) is 12.1 Å². The van der Waals surface area contributed by atoms with Crippen LogP contribution < -0.4 is 5.73 Å². The molecule has 0 radical (unpaired) electrons. The fourth-order valence-corrected chi connectivity index (χ4v) is 2.55. The molecule has 2 aromatic heterocycles. The number of thioether (sulfide) groups is 1. The summed E-state index contributed by atoms with van der Waals surface area (Å²) in [5.41, 5.74) is 5.12. The molecule has 0 saturated carbocycles. The highest BCUT2D eigenvalue weighted by molar-refractivity contribution is 7.98. The van der Waals surface area contributed by atoms with Crippen LogP contribution in [0.25, 0.3) is 0 Å². The lowest BCUT2D eigenvalue weighted by atomic mass is 10.3. The minimum Gasteiger partial charge on any atom is -0.463 e. The van der Waals surface area contributed by atoms with Crippen molar-refractivity contribution in [3.63, 3.8) is 0 Å². The number of esters is 1. The van der Waals surface area contributed by atoms with Gasteiger partial charge in [-0.25, -0.2) is 4.79 Å². The van der Waals surface area contributed by atoms with Gasteiger partial charge in [0.2, 0.25) is 11.7 Å². The molecule has 1 amide bonds. The maximum absolute atomic E-state index is 11.3. The van der Waals surface area contributed by atoms with E-state index in [0.717, 1.165) is 0 Å². The number of nitrogens with zero attached hydrogens (tertiary/aromatic N) is 3. The van der Waals surface area contributed by atoms with Crippen LogP contribution in [0.5, 0.6) is 0 Å². The van der Waals surface area contributed by atoms with E-state index in [1.807, 2.05) is 7.05 Å². The van der Waals surface area contributed by atoms with E-state index in [-0.39, 0.29) is 18.1 Å². The van der Waals surface area contributed by atoms with Crippen molar-refractivity contribution < 1.29 is 18.7 Å². The van der Waals surface area contributed by atoms with E-state index in [0.29, 0.717) is 28.9 Å². The minimum absolute atomic E-state index is 0.165. The zero-order valence-corrected chi connectivity index (χ0v) is 13.1. The van der Waals surface area contributed by atoms with Gasteiger partial charge in [0.25, 0.3) is 0 Å². The van der Waals surface area contributed by atoms with E-state index in [1.165, 1.54) is 18.9 Å². The van der Waals surface area contributed by atoms with Crippen molar-refractivity contribution in [2.75, 3.05) is 7.11 Å². The molecule has 2 N–H and O–H groups in total. The molecule has 0 aromatic carbocycles. The fraction of sp³-hybridized carbons (Fsp3) is 0.385. The van der Waals surface area contributed by atoms with Crippen molar-refractivity contribution in [1.29, 1.82) is 0 Å². The number of carbonyl (C=O) groups is 2. The second-order valence-corrected chi connectivity index (χ2v) is 5.41. The van der Waals surface area contributed by atoms with Gasteiger partial charge in [0.05, 0.1) is 12.9 Å². The molecule has 0 bridgehead atoms. The number of methoxy groups -OCH3 is 1. The first-order chi connectivity index (χ1) is 10.5. The van der Waals surface area contributed by atoms with Crippen molar-refractivity contribution in [2.45, 2.75) is 23.8 Å². The van der Waals surface area contributed by atoms with Gasteiger partial charge in [0.1, 0.15) is 11.6 Å². The summed E-state index contributed by atoms with van der Waals surface area (Å²) < 4.78 is 11.8. The molecule has 118 valence electrons. The van der Waals surface area contributed by atoms with Gasteiger partial charge in [0, 0.05) is 19.9 Å². The predicted octanol–water partition coefficient (Wildman–Crippen LogP) is 0.905. The summed E-state index contributed by atoms with van der Waals surface area (Å²) in [4.78, 5) is 22.1. The average Bonchev–Trinajstić information content (AvgIpc) is 3.09. The van der Waals surface area contributed by atoms with Crippen molar-refractivity contribution >= 4 is 23.6 Å². The first-order valence-electron chi connectivity index (χ1n) is 6.47. The number of ether oxygens (including phenoxy) is 1. The quantitative estimate of drug-likeness (QED) is 0.594. The van der Waals surface area contributed by atoms with E-state index in [9.17, 15) is 9.59 Å². The summed E-state index contributed by atoms with van der Waals surface area (Å²) in [6.07, 6.45) is 0.684. The molecular weight excluding hydrogens is 308 g/mol. The highest BCUT2D eigenvalue weighted by atomic mass is 32.2. The number of aromatic nitrogens is 3. The van der Waals surface area contributed by atoms with E-state index in [2.05, 4.69) is 14.9 Å². The van der Waals surface area contributed by atoms with Crippen LogP contribution >= 0.6 is 11.8 Å². The van der Waals surface area contributed by atoms with Crippen LogP contribution in [0.2, 0.25) is 0 Å². The molecule has 22 heavy (non-hydrogen) atoms. The molecule has 2 heterocycles. The Labute approximate surface area is 131 Å². The highest BCUT2D eigenvalue weighted by Gasteiger charge is 2.14. The van der Waals surface area contributed by atoms with E-state index < -0.39 is 5.97 Å². The lowest BCUT2D eigenvalue weighted by Gasteiger charge is -2.02. The van der Waals surface area contributed by atoms with Crippen LogP contribution in [-0.4, -0.2) is 33.8 Å². The molecule has 8 nitrogen and oxygen atoms in total. The molecular formula is C13H16N4O4S. The van der Waals surface area contributed by atoms with Crippen LogP contribution in [0.3, 0.4) is 0 Å². The number of furan rings is 1. The maximum atomic E-state index is 11.3. The third-order valence-corrected chi connectivity index (χ3v) is 3.95. The van der Waals surface area contributed by atoms with Crippen LogP contribution in [0, 0.1) is 0 Å². The topological polar surface area (TPSA) is 113 Å². The van der Waals surface area contributed by atoms with Gasteiger partial charge in [-0.15, -0.1) is 10.2 Å². The summed E-state index contributed by atoms with van der Waals surface area (Å²) in [7, 11) is 3.12. The summed E-state index contributed by atoms with van der Waals surface area (Å²) in [5, 5.41) is 8.77. The molecule has 0 atom stereocenters. The Morgan fingerprint density at radius 2 is 2.18 bits per heavy atom. The van der Waals surface area contributed by atoms with Crippen LogP contribution in [0.15, 0.2) is 21.7 Å². The number of hydrogen-bond donors (Lipinski definition) is 1. The second kappa shape index (κ2) is 7.12. The van der Waals surface area contributed by atoms with Crippen LogP contribution in [0.1, 0.15) is 28.6 Å². The Morgan fingerprint density at radius 1 is 1.41 bits per heavy atom. The van der Waals surface area contributed by atoms with Gasteiger partial charge in [-0.1, -0.05) is 11.8 Å². The van der Waals surface area contributed by atoms with Gasteiger partial charge in [-0.2, -0.15) is 0 Å². The number of amides is 1. The monoisotopic (exact) mass is 324 g/mol.